The maximum Gasteiger partial charge on any atom is 0.195 e. The van der Waals surface area contributed by atoms with E-state index in [0.29, 0.717) is 23.6 Å². The molecule has 2 heterocycles. The van der Waals surface area contributed by atoms with Crippen molar-refractivity contribution in [1.29, 1.82) is 0 Å². The fraction of sp³-hybridized carbons (Fsp3) is 0.115. The molecule has 0 atom stereocenters. The molecule has 5 aromatic rings. The first kappa shape index (κ1) is 19.2. The Balaban J connectivity index is 1.45. The molecule has 1 N–H and O–H groups in total. The SMILES string of the molecule is Fc1ccccc1-c1nc(CCCc2c[nH]c3ccccc23)oc1-c1ccccc1F. The summed E-state index contributed by atoms with van der Waals surface area (Å²) >= 11 is 0. The second-order valence-corrected chi connectivity index (χ2v) is 7.46. The van der Waals surface area contributed by atoms with Gasteiger partial charge in [-0.1, -0.05) is 42.5 Å². The Bertz CT molecular complexity index is 1290. The Hall–Kier alpha value is -3.73. The number of hydrogen-bond donors (Lipinski definition) is 1. The van der Waals surface area contributed by atoms with Crippen LogP contribution in [0.4, 0.5) is 8.78 Å². The molecule has 2 aromatic heterocycles. The fourth-order valence-corrected chi connectivity index (χ4v) is 3.90. The van der Waals surface area contributed by atoms with Gasteiger partial charge in [-0.15, -0.1) is 0 Å². The van der Waals surface area contributed by atoms with Crippen LogP contribution in [0.3, 0.4) is 0 Å². The van der Waals surface area contributed by atoms with Crippen LogP contribution in [0, 0.1) is 11.6 Å². The van der Waals surface area contributed by atoms with Crippen LogP contribution in [-0.2, 0) is 12.8 Å². The van der Waals surface area contributed by atoms with Crippen LogP contribution in [0.25, 0.3) is 33.5 Å². The van der Waals surface area contributed by atoms with Crippen molar-refractivity contribution in [3.63, 3.8) is 0 Å². The van der Waals surface area contributed by atoms with E-state index in [1.807, 2.05) is 24.4 Å². The van der Waals surface area contributed by atoms with Crippen molar-refractivity contribution in [2.75, 3.05) is 0 Å². The van der Waals surface area contributed by atoms with Crippen LogP contribution < -0.4 is 0 Å². The summed E-state index contributed by atoms with van der Waals surface area (Å²) in [5.74, 6) is -0.123. The van der Waals surface area contributed by atoms with Gasteiger partial charge >= 0.3 is 0 Å². The predicted octanol–water partition coefficient (Wildman–Crippen LogP) is 6.94. The third-order valence-corrected chi connectivity index (χ3v) is 5.43. The number of aromatic nitrogens is 2. The first-order valence-electron chi connectivity index (χ1n) is 10.2. The summed E-state index contributed by atoms with van der Waals surface area (Å²) in [7, 11) is 0. The second-order valence-electron chi connectivity index (χ2n) is 7.46. The third-order valence-electron chi connectivity index (χ3n) is 5.43. The minimum atomic E-state index is -0.429. The summed E-state index contributed by atoms with van der Waals surface area (Å²) in [6, 6.07) is 20.8. The smallest absolute Gasteiger partial charge is 0.195 e. The molecular formula is C26H20F2N2O. The maximum atomic E-state index is 14.5. The highest BCUT2D eigenvalue weighted by molar-refractivity contribution is 5.83. The summed E-state index contributed by atoms with van der Waals surface area (Å²) in [4.78, 5) is 7.84. The van der Waals surface area contributed by atoms with Crippen molar-refractivity contribution in [2.45, 2.75) is 19.3 Å². The molecule has 0 saturated carbocycles. The number of hydrogen-bond acceptors (Lipinski definition) is 2. The Kier molecular flexibility index (Phi) is 5.08. The average molecular weight is 414 g/mol. The van der Waals surface area contributed by atoms with Gasteiger partial charge in [-0.3, -0.25) is 0 Å². The zero-order chi connectivity index (χ0) is 21.2. The quantitative estimate of drug-likeness (QED) is 0.327. The number of aromatic amines is 1. The molecule has 3 aromatic carbocycles. The molecule has 0 amide bonds. The van der Waals surface area contributed by atoms with E-state index in [1.54, 1.807) is 36.4 Å². The van der Waals surface area contributed by atoms with Crippen LogP contribution in [0.15, 0.2) is 83.4 Å². The molecule has 5 rings (SSSR count). The number of para-hydroxylation sites is 1. The molecule has 0 bridgehead atoms. The van der Waals surface area contributed by atoms with Gasteiger partial charge in [-0.05, 0) is 48.7 Å². The van der Waals surface area contributed by atoms with Crippen molar-refractivity contribution in [3.8, 4) is 22.6 Å². The van der Waals surface area contributed by atoms with Crippen molar-refractivity contribution in [2.24, 2.45) is 0 Å². The average Bonchev–Trinajstić information content (AvgIpc) is 3.39. The molecule has 0 radical (unpaired) electrons. The molecule has 3 nitrogen and oxygen atoms in total. The maximum absolute atomic E-state index is 14.5. The molecule has 0 aliphatic rings. The molecule has 0 fully saturated rings. The highest BCUT2D eigenvalue weighted by Gasteiger charge is 2.21. The number of fused-ring (bicyclic) bond motifs is 1. The summed E-state index contributed by atoms with van der Waals surface area (Å²) in [6.07, 6.45) is 4.23. The molecule has 0 unspecified atom stereocenters. The monoisotopic (exact) mass is 414 g/mol. The molecule has 0 aliphatic heterocycles. The van der Waals surface area contributed by atoms with E-state index in [1.165, 1.54) is 23.1 Å². The number of nitrogens with one attached hydrogen (secondary N) is 1. The van der Waals surface area contributed by atoms with E-state index in [0.717, 1.165) is 18.4 Å². The van der Waals surface area contributed by atoms with E-state index < -0.39 is 11.6 Å². The van der Waals surface area contributed by atoms with E-state index in [4.69, 9.17) is 4.42 Å². The standard InChI is InChI=1S/C26H20F2N2O/c27-21-12-4-1-10-19(21)25-26(20-11-2-5-13-22(20)28)31-24(30-25)15-7-8-17-16-29-23-14-6-3-9-18(17)23/h1-6,9-14,16,29H,7-8,15H2. The number of benzene rings is 3. The Morgan fingerprint density at radius 1 is 0.774 bits per heavy atom. The number of rotatable bonds is 6. The topological polar surface area (TPSA) is 41.8 Å². The van der Waals surface area contributed by atoms with Gasteiger partial charge in [0, 0.05) is 29.1 Å². The zero-order valence-corrected chi connectivity index (χ0v) is 16.7. The van der Waals surface area contributed by atoms with E-state index in [9.17, 15) is 8.78 Å². The Morgan fingerprint density at radius 2 is 1.45 bits per heavy atom. The van der Waals surface area contributed by atoms with Crippen LogP contribution >= 0.6 is 0 Å². The first-order valence-corrected chi connectivity index (χ1v) is 10.2. The minimum absolute atomic E-state index is 0.255. The van der Waals surface area contributed by atoms with E-state index >= 15 is 0 Å². The molecule has 0 saturated heterocycles. The third kappa shape index (κ3) is 3.75. The summed E-state index contributed by atoms with van der Waals surface area (Å²) in [5, 5.41) is 1.20. The predicted molar refractivity (Wildman–Crippen MR) is 118 cm³/mol. The first-order chi connectivity index (χ1) is 15.2. The van der Waals surface area contributed by atoms with Gasteiger partial charge in [-0.25, -0.2) is 13.8 Å². The molecule has 0 spiro atoms. The molecule has 5 heteroatoms. The van der Waals surface area contributed by atoms with Crippen molar-refractivity contribution in [3.05, 3.63) is 102 Å². The van der Waals surface area contributed by atoms with Crippen LogP contribution in [-0.4, -0.2) is 9.97 Å². The molecule has 154 valence electrons. The lowest BCUT2D eigenvalue weighted by atomic mass is 10.1. The summed E-state index contributed by atoms with van der Waals surface area (Å²) < 4.78 is 34.9. The fourth-order valence-electron chi connectivity index (χ4n) is 3.90. The second kappa shape index (κ2) is 8.19. The number of oxazole rings is 1. The van der Waals surface area contributed by atoms with Crippen LogP contribution in [0.5, 0.6) is 0 Å². The Morgan fingerprint density at radius 3 is 2.23 bits per heavy atom. The Labute approximate surface area is 178 Å². The largest absolute Gasteiger partial charge is 0.440 e. The molecular weight excluding hydrogens is 394 g/mol. The lowest BCUT2D eigenvalue weighted by molar-refractivity contribution is 0.495. The van der Waals surface area contributed by atoms with Crippen LogP contribution in [0.1, 0.15) is 17.9 Å². The highest BCUT2D eigenvalue weighted by atomic mass is 19.1. The van der Waals surface area contributed by atoms with Gasteiger partial charge in [0.2, 0.25) is 0 Å². The number of aryl methyl sites for hydroxylation is 2. The molecule has 31 heavy (non-hydrogen) atoms. The summed E-state index contributed by atoms with van der Waals surface area (Å²) in [6.45, 7) is 0. The van der Waals surface area contributed by atoms with Gasteiger partial charge in [-0.2, -0.15) is 0 Å². The van der Waals surface area contributed by atoms with Crippen LogP contribution in [0.2, 0.25) is 0 Å². The molecule has 0 aliphatic carbocycles. The number of H-pyrrole nitrogens is 1. The highest BCUT2D eigenvalue weighted by Crippen LogP contribution is 2.35. The van der Waals surface area contributed by atoms with Gasteiger partial charge in [0.25, 0.3) is 0 Å². The van der Waals surface area contributed by atoms with Gasteiger partial charge in [0.1, 0.15) is 17.3 Å². The zero-order valence-electron chi connectivity index (χ0n) is 16.7. The van der Waals surface area contributed by atoms with E-state index in [-0.39, 0.29) is 11.3 Å². The van der Waals surface area contributed by atoms with Gasteiger partial charge in [0.05, 0.1) is 5.56 Å². The normalized spacial score (nSPS) is 11.3. The van der Waals surface area contributed by atoms with Crippen molar-refractivity contribution < 1.29 is 13.2 Å². The van der Waals surface area contributed by atoms with Crippen molar-refractivity contribution >= 4 is 10.9 Å². The van der Waals surface area contributed by atoms with E-state index in [2.05, 4.69) is 16.0 Å². The minimum Gasteiger partial charge on any atom is -0.440 e. The van der Waals surface area contributed by atoms with Gasteiger partial charge in [0.15, 0.2) is 11.7 Å². The lowest BCUT2D eigenvalue weighted by Crippen LogP contribution is -1.91. The number of nitrogens with zero attached hydrogens (tertiary/aromatic N) is 1. The lowest BCUT2D eigenvalue weighted by Gasteiger charge is -2.03. The number of halogens is 2. The van der Waals surface area contributed by atoms with Crippen molar-refractivity contribution in [1.82, 2.24) is 9.97 Å². The summed E-state index contributed by atoms with van der Waals surface area (Å²) in [5.41, 5.74) is 3.23. The van der Waals surface area contributed by atoms with Gasteiger partial charge < -0.3 is 9.40 Å².